The SMILES string of the molecule is COC[C@H](C)[NH2+]Cc1cc(F)ccc1F. The molecule has 1 aromatic rings. The predicted octanol–water partition coefficient (Wildman–Crippen LogP) is 1.06. The maximum atomic E-state index is 13.2. The summed E-state index contributed by atoms with van der Waals surface area (Å²) in [4.78, 5) is 0. The molecule has 0 fully saturated rings. The van der Waals surface area contributed by atoms with E-state index in [2.05, 4.69) is 0 Å². The van der Waals surface area contributed by atoms with Crippen molar-refractivity contribution in [3.8, 4) is 0 Å². The minimum Gasteiger partial charge on any atom is -0.379 e. The molecule has 2 N–H and O–H groups in total. The van der Waals surface area contributed by atoms with Crippen molar-refractivity contribution in [1.82, 2.24) is 0 Å². The van der Waals surface area contributed by atoms with Gasteiger partial charge in [0.15, 0.2) is 0 Å². The summed E-state index contributed by atoms with van der Waals surface area (Å²) < 4.78 is 30.9. The molecule has 0 aromatic heterocycles. The number of hydrogen-bond donors (Lipinski definition) is 1. The molecule has 1 atom stereocenters. The highest BCUT2D eigenvalue weighted by molar-refractivity contribution is 5.17. The third kappa shape index (κ3) is 3.93. The molecule has 0 aliphatic heterocycles. The topological polar surface area (TPSA) is 25.8 Å². The minimum absolute atomic E-state index is 0.234. The number of rotatable bonds is 5. The lowest BCUT2D eigenvalue weighted by atomic mass is 10.2. The van der Waals surface area contributed by atoms with E-state index in [-0.39, 0.29) is 11.9 Å². The van der Waals surface area contributed by atoms with Crippen molar-refractivity contribution >= 4 is 0 Å². The van der Waals surface area contributed by atoms with Gasteiger partial charge in [0.1, 0.15) is 24.2 Å². The molecule has 0 spiro atoms. The normalized spacial score (nSPS) is 12.8. The Morgan fingerprint density at radius 3 is 2.80 bits per heavy atom. The van der Waals surface area contributed by atoms with Crippen LogP contribution in [0.5, 0.6) is 0 Å². The van der Waals surface area contributed by atoms with Gasteiger partial charge in [-0.2, -0.15) is 0 Å². The van der Waals surface area contributed by atoms with E-state index in [0.29, 0.717) is 18.7 Å². The van der Waals surface area contributed by atoms with Crippen molar-refractivity contribution in [1.29, 1.82) is 0 Å². The number of methoxy groups -OCH3 is 1. The molecule has 0 heterocycles. The van der Waals surface area contributed by atoms with Crippen molar-refractivity contribution in [3.05, 3.63) is 35.4 Å². The molecular formula is C11H16F2NO+. The van der Waals surface area contributed by atoms with Crippen LogP contribution in [0.2, 0.25) is 0 Å². The van der Waals surface area contributed by atoms with Gasteiger partial charge < -0.3 is 10.1 Å². The summed E-state index contributed by atoms with van der Waals surface area (Å²) >= 11 is 0. The summed E-state index contributed by atoms with van der Waals surface area (Å²) in [6.45, 7) is 2.99. The quantitative estimate of drug-likeness (QED) is 0.782. The van der Waals surface area contributed by atoms with E-state index in [0.717, 1.165) is 12.1 Å². The summed E-state index contributed by atoms with van der Waals surface area (Å²) in [5, 5.41) is 1.92. The average Bonchev–Trinajstić information content (AvgIpc) is 2.20. The summed E-state index contributed by atoms with van der Waals surface area (Å²) in [7, 11) is 1.62. The second kappa shape index (κ2) is 5.78. The maximum Gasteiger partial charge on any atom is 0.132 e. The molecule has 0 aliphatic carbocycles. The lowest BCUT2D eigenvalue weighted by Gasteiger charge is -2.09. The average molecular weight is 216 g/mol. The van der Waals surface area contributed by atoms with E-state index in [4.69, 9.17) is 4.74 Å². The summed E-state index contributed by atoms with van der Waals surface area (Å²) in [6, 6.07) is 3.74. The van der Waals surface area contributed by atoms with Gasteiger partial charge in [0.2, 0.25) is 0 Å². The van der Waals surface area contributed by atoms with Crippen LogP contribution in [0.1, 0.15) is 12.5 Å². The number of benzene rings is 1. The Hall–Kier alpha value is -1.00. The zero-order chi connectivity index (χ0) is 11.3. The molecule has 0 saturated carbocycles. The summed E-state index contributed by atoms with van der Waals surface area (Å²) in [5.74, 6) is -0.767. The summed E-state index contributed by atoms with van der Waals surface area (Å²) in [5.41, 5.74) is 0.387. The molecule has 0 bridgehead atoms. The van der Waals surface area contributed by atoms with Crippen molar-refractivity contribution < 1.29 is 18.8 Å². The van der Waals surface area contributed by atoms with Gasteiger partial charge in [-0.25, -0.2) is 8.78 Å². The van der Waals surface area contributed by atoms with Gasteiger partial charge in [0.05, 0.1) is 6.61 Å². The first-order chi connectivity index (χ1) is 7.13. The molecule has 0 amide bonds. The Balaban J connectivity index is 2.53. The molecule has 0 aliphatic rings. The first-order valence-electron chi connectivity index (χ1n) is 4.89. The number of quaternary nitrogens is 1. The van der Waals surface area contributed by atoms with Gasteiger partial charge in [0.25, 0.3) is 0 Å². The fourth-order valence-electron chi connectivity index (χ4n) is 1.36. The Kier molecular flexibility index (Phi) is 4.65. The number of halogens is 2. The molecule has 2 nitrogen and oxygen atoms in total. The molecule has 0 radical (unpaired) electrons. The van der Waals surface area contributed by atoms with E-state index in [9.17, 15) is 8.78 Å². The van der Waals surface area contributed by atoms with Crippen LogP contribution in [0.4, 0.5) is 8.78 Å². The lowest BCUT2D eigenvalue weighted by Crippen LogP contribution is -2.88. The Morgan fingerprint density at radius 2 is 2.13 bits per heavy atom. The van der Waals surface area contributed by atoms with Crippen LogP contribution >= 0.6 is 0 Å². The van der Waals surface area contributed by atoms with Gasteiger partial charge in [-0.3, -0.25) is 0 Å². The highest BCUT2D eigenvalue weighted by Crippen LogP contribution is 2.07. The van der Waals surface area contributed by atoms with E-state index in [1.165, 1.54) is 6.07 Å². The van der Waals surface area contributed by atoms with Crippen LogP contribution in [0.3, 0.4) is 0 Å². The fraction of sp³-hybridized carbons (Fsp3) is 0.455. The van der Waals surface area contributed by atoms with E-state index < -0.39 is 5.82 Å². The third-order valence-corrected chi connectivity index (χ3v) is 2.18. The van der Waals surface area contributed by atoms with Gasteiger partial charge in [-0.05, 0) is 25.1 Å². The molecule has 84 valence electrons. The van der Waals surface area contributed by atoms with Crippen LogP contribution in [0, 0.1) is 11.6 Å². The molecule has 0 saturated heterocycles. The van der Waals surface area contributed by atoms with Crippen molar-refractivity contribution in [2.24, 2.45) is 0 Å². The highest BCUT2D eigenvalue weighted by atomic mass is 19.1. The van der Waals surface area contributed by atoms with E-state index >= 15 is 0 Å². The zero-order valence-corrected chi connectivity index (χ0v) is 8.97. The molecule has 0 unspecified atom stereocenters. The first-order valence-corrected chi connectivity index (χ1v) is 4.89. The first kappa shape index (κ1) is 12.1. The van der Waals surface area contributed by atoms with Crippen LogP contribution in [0.25, 0.3) is 0 Å². The molecule has 15 heavy (non-hydrogen) atoms. The van der Waals surface area contributed by atoms with Gasteiger partial charge in [0, 0.05) is 12.7 Å². The standard InChI is InChI=1S/C11H15F2NO/c1-8(7-15-2)14-6-9-5-10(12)3-4-11(9)13/h3-5,8,14H,6-7H2,1-2H3/p+1/t8-/m0/s1. The molecule has 4 heteroatoms. The van der Waals surface area contributed by atoms with Gasteiger partial charge in [-0.1, -0.05) is 0 Å². The molecule has 1 rings (SSSR count). The monoisotopic (exact) mass is 216 g/mol. The third-order valence-electron chi connectivity index (χ3n) is 2.18. The predicted molar refractivity (Wildman–Crippen MR) is 53.3 cm³/mol. The number of hydrogen-bond acceptors (Lipinski definition) is 1. The second-order valence-corrected chi connectivity index (χ2v) is 3.61. The Labute approximate surface area is 88.3 Å². The second-order valence-electron chi connectivity index (χ2n) is 3.61. The Morgan fingerprint density at radius 1 is 1.40 bits per heavy atom. The Bertz CT molecular complexity index is 317. The number of nitrogens with two attached hydrogens (primary N) is 1. The number of ether oxygens (including phenoxy) is 1. The highest BCUT2D eigenvalue weighted by Gasteiger charge is 2.08. The lowest BCUT2D eigenvalue weighted by molar-refractivity contribution is -0.703. The van der Waals surface area contributed by atoms with Crippen LogP contribution in [-0.4, -0.2) is 19.8 Å². The fourth-order valence-corrected chi connectivity index (χ4v) is 1.36. The van der Waals surface area contributed by atoms with Gasteiger partial charge in [-0.15, -0.1) is 0 Å². The van der Waals surface area contributed by atoms with Crippen molar-refractivity contribution in [2.75, 3.05) is 13.7 Å². The van der Waals surface area contributed by atoms with Crippen LogP contribution < -0.4 is 5.32 Å². The summed E-state index contributed by atoms with van der Waals surface area (Å²) in [6.07, 6.45) is 0. The molecule has 1 aromatic carbocycles. The van der Waals surface area contributed by atoms with Crippen LogP contribution in [-0.2, 0) is 11.3 Å². The molecular weight excluding hydrogens is 200 g/mol. The van der Waals surface area contributed by atoms with E-state index in [1.54, 1.807) is 7.11 Å². The largest absolute Gasteiger partial charge is 0.379 e. The van der Waals surface area contributed by atoms with Crippen molar-refractivity contribution in [3.63, 3.8) is 0 Å². The maximum absolute atomic E-state index is 13.2. The van der Waals surface area contributed by atoms with Gasteiger partial charge >= 0.3 is 0 Å². The van der Waals surface area contributed by atoms with E-state index in [1.807, 2.05) is 12.2 Å². The minimum atomic E-state index is -0.404. The van der Waals surface area contributed by atoms with Crippen molar-refractivity contribution in [2.45, 2.75) is 19.5 Å². The van der Waals surface area contributed by atoms with Crippen LogP contribution in [0.15, 0.2) is 18.2 Å². The zero-order valence-electron chi connectivity index (χ0n) is 8.97. The smallest absolute Gasteiger partial charge is 0.132 e.